The fourth-order valence-corrected chi connectivity index (χ4v) is 3.91. The van der Waals surface area contributed by atoms with Crippen molar-refractivity contribution < 1.29 is 14.3 Å². The van der Waals surface area contributed by atoms with Gasteiger partial charge in [0.2, 0.25) is 5.91 Å². The molecule has 6 heteroatoms. The summed E-state index contributed by atoms with van der Waals surface area (Å²) in [5.41, 5.74) is 3.41. The summed E-state index contributed by atoms with van der Waals surface area (Å²) in [5, 5.41) is 3.03. The Balaban J connectivity index is 2.20. The Morgan fingerprint density at radius 3 is 2.46 bits per heavy atom. The van der Waals surface area contributed by atoms with Crippen LogP contribution in [-0.4, -0.2) is 41.7 Å². The quantitative estimate of drug-likeness (QED) is 0.666. The van der Waals surface area contributed by atoms with Gasteiger partial charge in [-0.05, 0) is 84.5 Å². The number of hydrogen-bond acceptors (Lipinski definition) is 3. The Morgan fingerprint density at radius 1 is 1.17 bits per heavy atom. The van der Waals surface area contributed by atoms with Gasteiger partial charge in [0.1, 0.15) is 0 Å². The van der Waals surface area contributed by atoms with Crippen molar-refractivity contribution >= 4 is 34.6 Å². The molecule has 1 heterocycles. The molecular weight excluding hydrogens is 419 g/mol. The largest absolute Gasteiger partial charge is 0.448 e. The van der Waals surface area contributed by atoms with Crippen molar-refractivity contribution in [2.75, 3.05) is 19.7 Å². The zero-order valence-corrected chi connectivity index (χ0v) is 16.8. The first-order valence-corrected chi connectivity index (χ1v) is 9.58. The van der Waals surface area contributed by atoms with E-state index in [2.05, 4.69) is 41.6 Å². The number of nitrogens with zero attached hydrogens (tertiary/aromatic N) is 2. The molecule has 0 bridgehead atoms. The lowest BCUT2D eigenvalue weighted by molar-refractivity contribution is -0.148. The van der Waals surface area contributed by atoms with E-state index in [0.29, 0.717) is 26.1 Å². The van der Waals surface area contributed by atoms with Crippen LogP contribution >= 0.6 is 22.6 Å². The molecule has 2 amide bonds. The molecule has 0 radical (unpaired) electrons. The van der Waals surface area contributed by atoms with E-state index < -0.39 is 6.09 Å². The maximum atomic E-state index is 12.9. The maximum absolute atomic E-state index is 12.9. The second-order valence-electron chi connectivity index (χ2n) is 5.94. The summed E-state index contributed by atoms with van der Waals surface area (Å²) in [6.45, 7) is 7.34. The molecule has 0 aliphatic carbocycles. The Bertz CT molecular complexity index is 619. The van der Waals surface area contributed by atoms with Gasteiger partial charge in [0.25, 0.3) is 0 Å². The zero-order chi connectivity index (χ0) is 17.7. The van der Waals surface area contributed by atoms with E-state index in [1.807, 2.05) is 6.92 Å². The van der Waals surface area contributed by atoms with Crippen LogP contribution in [0.25, 0.3) is 0 Å². The van der Waals surface area contributed by atoms with Gasteiger partial charge in [0.15, 0.2) is 0 Å². The van der Waals surface area contributed by atoms with Gasteiger partial charge in [-0.3, -0.25) is 4.79 Å². The first-order valence-electron chi connectivity index (χ1n) is 8.50. The average Bonchev–Trinajstić information content (AvgIpc) is 2.57. The third kappa shape index (κ3) is 4.40. The van der Waals surface area contributed by atoms with E-state index in [4.69, 9.17) is 4.74 Å². The third-order valence-corrected chi connectivity index (χ3v) is 4.91. The normalized spacial score (nSPS) is 14.7. The molecular formula is C18H25IN2O3. The molecule has 2 rings (SSSR count). The highest BCUT2D eigenvalue weighted by molar-refractivity contribution is 14.1. The van der Waals surface area contributed by atoms with Gasteiger partial charge in [-0.15, -0.1) is 0 Å². The smallest absolute Gasteiger partial charge is 0.428 e. The number of ether oxygens (including phenoxy) is 1. The molecule has 1 aliphatic rings. The van der Waals surface area contributed by atoms with Crippen molar-refractivity contribution in [2.45, 2.75) is 46.5 Å². The van der Waals surface area contributed by atoms with Crippen molar-refractivity contribution in [1.29, 1.82) is 0 Å². The number of rotatable bonds is 4. The van der Waals surface area contributed by atoms with Crippen LogP contribution in [0.2, 0.25) is 0 Å². The Hall–Kier alpha value is -1.31. The van der Waals surface area contributed by atoms with Crippen molar-refractivity contribution in [2.24, 2.45) is 0 Å². The van der Waals surface area contributed by atoms with Crippen molar-refractivity contribution in [3.05, 3.63) is 32.4 Å². The van der Waals surface area contributed by atoms with Gasteiger partial charge in [-0.2, -0.15) is 0 Å². The molecule has 0 N–H and O–H groups in total. The van der Waals surface area contributed by atoms with Crippen LogP contribution in [0.1, 0.15) is 43.4 Å². The third-order valence-electron chi connectivity index (χ3n) is 4.29. The summed E-state index contributed by atoms with van der Waals surface area (Å²) in [6, 6.07) is 4.23. The molecule has 1 fully saturated rings. The van der Waals surface area contributed by atoms with Crippen LogP contribution < -0.4 is 0 Å². The van der Waals surface area contributed by atoms with E-state index in [0.717, 1.165) is 30.4 Å². The highest BCUT2D eigenvalue weighted by Gasteiger charge is 2.30. The van der Waals surface area contributed by atoms with Gasteiger partial charge >= 0.3 is 6.09 Å². The van der Waals surface area contributed by atoms with Crippen LogP contribution in [0.3, 0.4) is 0 Å². The Morgan fingerprint density at radius 2 is 1.83 bits per heavy atom. The molecule has 1 aromatic rings. The predicted octanol–water partition coefficient (Wildman–Crippen LogP) is 3.70. The first kappa shape index (κ1) is 19.0. The molecule has 0 unspecified atom stereocenters. The van der Waals surface area contributed by atoms with Gasteiger partial charge < -0.3 is 4.74 Å². The number of halogens is 1. The number of amides is 2. The second-order valence-corrected chi connectivity index (χ2v) is 7.18. The van der Waals surface area contributed by atoms with E-state index in [1.54, 1.807) is 11.9 Å². The van der Waals surface area contributed by atoms with Crippen molar-refractivity contribution in [1.82, 2.24) is 10.0 Å². The zero-order valence-electron chi connectivity index (χ0n) is 14.6. The van der Waals surface area contributed by atoms with Crippen LogP contribution in [0.5, 0.6) is 0 Å². The van der Waals surface area contributed by atoms with E-state index in [1.165, 1.54) is 14.1 Å². The molecule has 1 aromatic carbocycles. The SMILES string of the molecule is CCOC(=O)N1CCCCN1C(=O)Cc1c(C)cc(I)cc1CC. The number of hydrogen-bond donors (Lipinski definition) is 0. The maximum Gasteiger partial charge on any atom is 0.428 e. The standard InChI is InChI=1S/C18H25IN2O3/c1-4-14-11-15(19)10-13(3)16(14)12-17(22)20-8-6-7-9-21(20)18(23)24-5-2/h10-11H,4-9,12H2,1-3H3. The molecule has 132 valence electrons. The fraction of sp³-hybridized carbons (Fsp3) is 0.556. The van der Waals surface area contributed by atoms with Crippen LogP contribution in [-0.2, 0) is 22.4 Å². The molecule has 1 aliphatic heterocycles. The molecule has 1 saturated heterocycles. The monoisotopic (exact) mass is 444 g/mol. The first-order chi connectivity index (χ1) is 11.5. The number of aryl methyl sites for hydroxylation is 2. The van der Waals surface area contributed by atoms with Gasteiger partial charge in [0.05, 0.1) is 13.0 Å². The summed E-state index contributed by atoms with van der Waals surface area (Å²) >= 11 is 2.30. The summed E-state index contributed by atoms with van der Waals surface area (Å²) in [6.07, 6.45) is 2.59. The van der Waals surface area contributed by atoms with Crippen LogP contribution in [0.15, 0.2) is 12.1 Å². The lowest BCUT2D eigenvalue weighted by Crippen LogP contribution is -2.53. The fourth-order valence-electron chi connectivity index (χ4n) is 3.07. The summed E-state index contributed by atoms with van der Waals surface area (Å²) in [4.78, 5) is 25.0. The number of carbonyl (C=O) groups is 2. The minimum atomic E-state index is -0.430. The van der Waals surface area contributed by atoms with Crippen molar-refractivity contribution in [3.8, 4) is 0 Å². The number of carbonyl (C=O) groups excluding carboxylic acids is 2. The molecule has 0 atom stereocenters. The molecule has 0 spiro atoms. The van der Waals surface area contributed by atoms with E-state index >= 15 is 0 Å². The van der Waals surface area contributed by atoms with E-state index in [9.17, 15) is 9.59 Å². The lowest BCUT2D eigenvalue weighted by Gasteiger charge is -2.37. The minimum absolute atomic E-state index is 0.0400. The highest BCUT2D eigenvalue weighted by atomic mass is 127. The van der Waals surface area contributed by atoms with Crippen LogP contribution in [0.4, 0.5) is 4.79 Å². The average molecular weight is 444 g/mol. The van der Waals surface area contributed by atoms with E-state index in [-0.39, 0.29) is 5.91 Å². The summed E-state index contributed by atoms with van der Waals surface area (Å²) in [5.74, 6) is -0.0400. The van der Waals surface area contributed by atoms with Gasteiger partial charge in [-0.1, -0.05) is 6.92 Å². The van der Waals surface area contributed by atoms with Crippen LogP contribution in [0, 0.1) is 10.5 Å². The Kier molecular flexibility index (Phi) is 6.89. The minimum Gasteiger partial charge on any atom is -0.448 e. The molecule has 24 heavy (non-hydrogen) atoms. The number of hydrazine groups is 1. The molecule has 0 saturated carbocycles. The van der Waals surface area contributed by atoms with Gasteiger partial charge in [-0.25, -0.2) is 14.8 Å². The topological polar surface area (TPSA) is 49.9 Å². The molecule has 5 nitrogen and oxygen atoms in total. The molecule has 0 aromatic heterocycles. The van der Waals surface area contributed by atoms with Gasteiger partial charge in [0, 0.05) is 16.7 Å². The lowest BCUT2D eigenvalue weighted by atomic mass is 9.97. The number of benzene rings is 1. The second kappa shape index (κ2) is 8.69. The summed E-state index contributed by atoms with van der Waals surface area (Å²) in [7, 11) is 0. The summed E-state index contributed by atoms with van der Waals surface area (Å²) < 4.78 is 6.27. The Labute approximate surface area is 157 Å². The highest BCUT2D eigenvalue weighted by Crippen LogP contribution is 2.22. The van der Waals surface area contributed by atoms with Crippen molar-refractivity contribution in [3.63, 3.8) is 0 Å². The predicted molar refractivity (Wildman–Crippen MR) is 102 cm³/mol.